The molecule has 0 radical (unpaired) electrons. The van der Waals surface area contributed by atoms with E-state index >= 15 is 0 Å². The van der Waals surface area contributed by atoms with Crippen molar-refractivity contribution in [3.8, 4) is 11.5 Å². The molecule has 2 aliphatic rings. The van der Waals surface area contributed by atoms with E-state index < -0.39 is 0 Å². The lowest BCUT2D eigenvalue weighted by atomic mass is 9.89. The Morgan fingerprint density at radius 3 is 2.53 bits per heavy atom. The SMILES string of the molecule is CN=C(NCC1CCCOC1c1ccccc1)N1CCc2cc(OC)c(OC)cc2C1.I. The van der Waals surface area contributed by atoms with Crippen LogP contribution in [0.2, 0.25) is 0 Å². The van der Waals surface area contributed by atoms with Gasteiger partial charge in [-0.2, -0.15) is 0 Å². The predicted molar refractivity (Wildman–Crippen MR) is 138 cm³/mol. The van der Waals surface area contributed by atoms with Gasteiger partial charge in [0.05, 0.1) is 20.3 Å². The number of benzene rings is 2. The highest BCUT2D eigenvalue weighted by Gasteiger charge is 2.28. The number of nitrogens with one attached hydrogen (secondary N) is 1. The Balaban J connectivity index is 0.00000289. The molecule has 2 aliphatic heterocycles. The Morgan fingerprint density at radius 1 is 1.12 bits per heavy atom. The van der Waals surface area contributed by atoms with E-state index in [1.54, 1.807) is 14.2 Å². The molecule has 1 fully saturated rings. The van der Waals surface area contributed by atoms with Crippen molar-refractivity contribution in [3.63, 3.8) is 0 Å². The van der Waals surface area contributed by atoms with Crippen molar-refractivity contribution in [2.45, 2.75) is 31.9 Å². The second-order valence-corrected chi connectivity index (χ2v) is 8.18. The number of aliphatic imine (C=N–C) groups is 1. The molecule has 2 aromatic rings. The molecule has 0 aliphatic carbocycles. The molecule has 0 aromatic heterocycles. The van der Waals surface area contributed by atoms with E-state index in [0.29, 0.717) is 5.92 Å². The third-order valence-corrected chi connectivity index (χ3v) is 6.32. The zero-order valence-corrected chi connectivity index (χ0v) is 21.5. The fraction of sp³-hybridized carbons (Fsp3) is 0.480. The average molecular weight is 551 g/mol. The van der Waals surface area contributed by atoms with Crippen molar-refractivity contribution in [3.05, 3.63) is 59.2 Å². The summed E-state index contributed by atoms with van der Waals surface area (Å²) < 4.78 is 17.1. The van der Waals surface area contributed by atoms with Gasteiger partial charge in [-0.3, -0.25) is 4.99 Å². The van der Waals surface area contributed by atoms with Crippen LogP contribution in [0.15, 0.2) is 47.5 Å². The van der Waals surface area contributed by atoms with Crippen LogP contribution in [0.4, 0.5) is 0 Å². The maximum atomic E-state index is 6.16. The minimum Gasteiger partial charge on any atom is -0.493 e. The molecule has 2 atom stereocenters. The summed E-state index contributed by atoms with van der Waals surface area (Å²) in [5.74, 6) is 2.93. The van der Waals surface area contributed by atoms with Crippen molar-refractivity contribution < 1.29 is 14.2 Å². The summed E-state index contributed by atoms with van der Waals surface area (Å²) in [5.41, 5.74) is 3.83. The highest BCUT2D eigenvalue weighted by Crippen LogP contribution is 2.34. The molecule has 1 saturated heterocycles. The molecule has 0 amide bonds. The van der Waals surface area contributed by atoms with Gasteiger partial charge < -0.3 is 24.4 Å². The van der Waals surface area contributed by atoms with Crippen LogP contribution >= 0.6 is 24.0 Å². The van der Waals surface area contributed by atoms with E-state index in [9.17, 15) is 0 Å². The van der Waals surface area contributed by atoms with E-state index in [-0.39, 0.29) is 30.1 Å². The normalized spacial score (nSPS) is 20.7. The smallest absolute Gasteiger partial charge is 0.193 e. The summed E-state index contributed by atoms with van der Waals surface area (Å²) in [5, 5.41) is 3.63. The molecule has 7 heteroatoms. The Hall–Kier alpha value is -2.00. The summed E-state index contributed by atoms with van der Waals surface area (Å²) >= 11 is 0. The van der Waals surface area contributed by atoms with E-state index in [1.165, 1.54) is 16.7 Å². The fourth-order valence-electron chi connectivity index (χ4n) is 4.68. The van der Waals surface area contributed by atoms with Crippen molar-refractivity contribution in [1.29, 1.82) is 0 Å². The van der Waals surface area contributed by atoms with Gasteiger partial charge in [-0.1, -0.05) is 30.3 Å². The number of rotatable bonds is 5. The van der Waals surface area contributed by atoms with Crippen LogP contribution in [0, 0.1) is 5.92 Å². The van der Waals surface area contributed by atoms with Crippen molar-refractivity contribution in [2.24, 2.45) is 10.9 Å². The van der Waals surface area contributed by atoms with Crippen LogP contribution in [0.25, 0.3) is 0 Å². The van der Waals surface area contributed by atoms with Crippen LogP contribution in [-0.2, 0) is 17.7 Å². The monoisotopic (exact) mass is 551 g/mol. The number of ether oxygens (including phenoxy) is 3. The standard InChI is InChI=1S/C25H33N3O3.HI/c1-26-25(27-16-20-10-7-13-31-24(20)18-8-5-4-6-9-18)28-12-11-19-14-22(29-2)23(30-3)15-21(19)17-28;/h4-6,8-9,14-15,20,24H,7,10-13,16-17H2,1-3H3,(H,26,27);1H. The number of hydrogen-bond donors (Lipinski definition) is 1. The van der Waals surface area contributed by atoms with Crippen LogP contribution < -0.4 is 14.8 Å². The van der Waals surface area contributed by atoms with E-state index in [2.05, 4.69) is 57.7 Å². The van der Waals surface area contributed by atoms with Crippen molar-refractivity contribution in [1.82, 2.24) is 10.2 Å². The molecule has 0 saturated carbocycles. The Bertz CT molecular complexity index is 907. The topological polar surface area (TPSA) is 55.3 Å². The second kappa shape index (κ2) is 11.7. The van der Waals surface area contributed by atoms with Gasteiger partial charge in [0.1, 0.15) is 0 Å². The zero-order valence-electron chi connectivity index (χ0n) is 19.2. The van der Waals surface area contributed by atoms with Gasteiger partial charge >= 0.3 is 0 Å². The maximum Gasteiger partial charge on any atom is 0.193 e. The van der Waals surface area contributed by atoms with E-state index in [0.717, 1.165) is 63.0 Å². The van der Waals surface area contributed by atoms with Crippen molar-refractivity contribution >= 4 is 29.9 Å². The first-order chi connectivity index (χ1) is 15.2. The lowest BCUT2D eigenvalue weighted by Crippen LogP contribution is -2.46. The fourth-order valence-corrected chi connectivity index (χ4v) is 4.68. The highest BCUT2D eigenvalue weighted by molar-refractivity contribution is 14.0. The van der Waals surface area contributed by atoms with Crippen LogP contribution in [0.3, 0.4) is 0 Å². The predicted octanol–water partition coefficient (Wildman–Crippen LogP) is 4.42. The Morgan fingerprint density at radius 2 is 1.84 bits per heavy atom. The van der Waals surface area contributed by atoms with Gasteiger partial charge in [-0.25, -0.2) is 0 Å². The van der Waals surface area contributed by atoms with Gasteiger partial charge in [0.2, 0.25) is 0 Å². The molecule has 0 bridgehead atoms. The first-order valence-corrected chi connectivity index (χ1v) is 11.1. The second-order valence-electron chi connectivity index (χ2n) is 8.18. The third kappa shape index (κ3) is 5.49. The Labute approximate surface area is 208 Å². The molecule has 0 spiro atoms. The highest BCUT2D eigenvalue weighted by atomic mass is 127. The zero-order chi connectivity index (χ0) is 21.6. The molecule has 174 valence electrons. The summed E-state index contributed by atoms with van der Waals surface area (Å²) in [6.45, 7) is 3.41. The molecule has 1 N–H and O–H groups in total. The number of fused-ring (bicyclic) bond motifs is 1. The number of guanidine groups is 1. The number of methoxy groups -OCH3 is 2. The minimum absolute atomic E-state index is 0. The van der Waals surface area contributed by atoms with E-state index in [4.69, 9.17) is 14.2 Å². The maximum absolute atomic E-state index is 6.16. The quantitative estimate of drug-likeness (QED) is 0.339. The van der Waals surface area contributed by atoms with E-state index in [1.807, 2.05) is 7.05 Å². The number of halogens is 1. The van der Waals surface area contributed by atoms with Gasteiger partial charge in [0.15, 0.2) is 17.5 Å². The molecular weight excluding hydrogens is 517 g/mol. The minimum atomic E-state index is 0. The van der Waals surface area contributed by atoms with Crippen molar-refractivity contribution in [2.75, 3.05) is 41.0 Å². The summed E-state index contributed by atoms with van der Waals surface area (Å²) in [7, 11) is 5.22. The Kier molecular flexibility index (Phi) is 9.04. The van der Waals surface area contributed by atoms with Crippen LogP contribution in [0.5, 0.6) is 11.5 Å². The molecule has 6 nitrogen and oxygen atoms in total. The molecular formula is C25H34IN3O3. The lowest BCUT2D eigenvalue weighted by molar-refractivity contribution is -0.0267. The molecule has 32 heavy (non-hydrogen) atoms. The number of nitrogens with zero attached hydrogens (tertiary/aromatic N) is 2. The van der Waals surface area contributed by atoms with Gasteiger partial charge in [-0.15, -0.1) is 24.0 Å². The summed E-state index contributed by atoms with van der Waals surface area (Å²) in [4.78, 5) is 6.89. The lowest BCUT2D eigenvalue weighted by Gasteiger charge is -2.35. The van der Waals surface area contributed by atoms with Gasteiger partial charge in [0.25, 0.3) is 0 Å². The summed E-state index contributed by atoms with van der Waals surface area (Å²) in [6.07, 6.45) is 3.35. The first-order valence-electron chi connectivity index (χ1n) is 11.1. The summed E-state index contributed by atoms with van der Waals surface area (Å²) in [6, 6.07) is 14.8. The molecule has 2 aromatic carbocycles. The average Bonchev–Trinajstić information content (AvgIpc) is 2.84. The number of hydrogen-bond acceptors (Lipinski definition) is 4. The van der Waals surface area contributed by atoms with Crippen LogP contribution in [0.1, 0.15) is 35.6 Å². The largest absolute Gasteiger partial charge is 0.493 e. The molecule has 2 unspecified atom stereocenters. The van der Waals surface area contributed by atoms with Gasteiger partial charge in [0, 0.05) is 39.2 Å². The third-order valence-electron chi connectivity index (χ3n) is 6.32. The molecule has 2 heterocycles. The molecule has 4 rings (SSSR count). The van der Waals surface area contributed by atoms with Crippen LogP contribution in [-0.4, -0.2) is 51.8 Å². The first kappa shape index (κ1) is 24.6. The van der Waals surface area contributed by atoms with Gasteiger partial charge in [-0.05, 0) is 48.1 Å².